The van der Waals surface area contributed by atoms with Gasteiger partial charge in [-0.2, -0.15) is 0 Å². The lowest BCUT2D eigenvalue weighted by Gasteiger charge is -2.21. The van der Waals surface area contributed by atoms with Crippen molar-refractivity contribution in [1.29, 1.82) is 0 Å². The number of hydrogen-bond acceptors (Lipinski definition) is 3. The van der Waals surface area contributed by atoms with Crippen LogP contribution in [0.25, 0.3) is 0 Å². The fourth-order valence-electron chi connectivity index (χ4n) is 2.38. The van der Waals surface area contributed by atoms with Gasteiger partial charge in [-0.05, 0) is 37.4 Å². The van der Waals surface area contributed by atoms with Crippen LogP contribution >= 0.6 is 11.3 Å². The molecule has 1 fully saturated rings. The summed E-state index contributed by atoms with van der Waals surface area (Å²) in [5.41, 5.74) is 0. The van der Waals surface area contributed by atoms with Gasteiger partial charge >= 0.3 is 5.97 Å². The zero-order valence-corrected chi connectivity index (χ0v) is 10.8. The number of hydrogen-bond donors (Lipinski definition) is 2. The molecule has 0 aliphatic heterocycles. The fourth-order valence-corrected chi connectivity index (χ4v) is 3.19. The van der Waals surface area contributed by atoms with E-state index >= 15 is 0 Å². The SMILES string of the molecule is O=C(O)c1ccc(CNCC2CCCCC2)s1. The Balaban J connectivity index is 1.71. The number of aromatic carboxylic acids is 1. The van der Waals surface area contributed by atoms with Crippen LogP contribution in [0.2, 0.25) is 0 Å². The normalized spacial score (nSPS) is 17.2. The molecule has 4 heteroatoms. The lowest BCUT2D eigenvalue weighted by atomic mass is 9.89. The summed E-state index contributed by atoms with van der Waals surface area (Å²) in [6.45, 7) is 1.87. The van der Waals surface area contributed by atoms with Gasteiger partial charge in [0.15, 0.2) is 0 Å². The summed E-state index contributed by atoms with van der Waals surface area (Å²) in [5, 5.41) is 12.3. The monoisotopic (exact) mass is 253 g/mol. The van der Waals surface area contributed by atoms with Crippen molar-refractivity contribution in [2.75, 3.05) is 6.54 Å². The summed E-state index contributed by atoms with van der Waals surface area (Å²) >= 11 is 1.37. The Hall–Kier alpha value is -0.870. The molecule has 0 amide bonds. The van der Waals surface area contributed by atoms with E-state index in [2.05, 4.69) is 5.32 Å². The molecule has 94 valence electrons. The Bertz CT molecular complexity index is 369. The topological polar surface area (TPSA) is 49.3 Å². The average Bonchev–Trinajstić information content (AvgIpc) is 2.79. The first-order valence-electron chi connectivity index (χ1n) is 6.28. The minimum Gasteiger partial charge on any atom is -0.477 e. The number of nitrogens with one attached hydrogen (secondary N) is 1. The minimum absolute atomic E-state index is 0.430. The van der Waals surface area contributed by atoms with Crippen molar-refractivity contribution >= 4 is 17.3 Å². The molecule has 1 aliphatic rings. The highest BCUT2D eigenvalue weighted by Gasteiger charge is 2.13. The van der Waals surface area contributed by atoms with Gasteiger partial charge in [-0.1, -0.05) is 19.3 Å². The third-order valence-electron chi connectivity index (χ3n) is 3.33. The van der Waals surface area contributed by atoms with Gasteiger partial charge in [0.1, 0.15) is 4.88 Å². The van der Waals surface area contributed by atoms with Crippen molar-refractivity contribution in [3.05, 3.63) is 21.9 Å². The maximum atomic E-state index is 10.7. The first kappa shape index (κ1) is 12.6. The molecule has 2 N–H and O–H groups in total. The van der Waals surface area contributed by atoms with Crippen molar-refractivity contribution in [3.8, 4) is 0 Å². The number of thiophene rings is 1. The molecule has 1 aromatic heterocycles. The zero-order valence-electron chi connectivity index (χ0n) is 9.95. The van der Waals surface area contributed by atoms with Crippen LogP contribution in [0.4, 0.5) is 0 Å². The minimum atomic E-state index is -0.825. The summed E-state index contributed by atoms with van der Waals surface area (Å²) in [4.78, 5) is 12.3. The quantitative estimate of drug-likeness (QED) is 0.847. The molecule has 0 unspecified atom stereocenters. The molecule has 0 spiro atoms. The third-order valence-corrected chi connectivity index (χ3v) is 4.40. The molecule has 2 rings (SSSR count). The Morgan fingerprint density at radius 3 is 2.76 bits per heavy atom. The summed E-state index contributed by atoms with van der Waals surface area (Å²) in [6.07, 6.45) is 6.82. The Morgan fingerprint density at radius 1 is 1.35 bits per heavy atom. The van der Waals surface area contributed by atoms with E-state index in [1.165, 1.54) is 43.4 Å². The van der Waals surface area contributed by atoms with E-state index in [4.69, 9.17) is 5.11 Å². The van der Waals surface area contributed by atoms with Crippen LogP contribution in [0.3, 0.4) is 0 Å². The summed E-state index contributed by atoms with van der Waals surface area (Å²) in [6, 6.07) is 3.59. The van der Waals surface area contributed by atoms with Crippen molar-refractivity contribution in [2.24, 2.45) is 5.92 Å². The average molecular weight is 253 g/mol. The third kappa shape index (κ3) is 3.82. The zero-order chi connectivity index (χ0) is 12.1. The van der Waals surface area contributed by atoms with E-state index in [1.54, 1.807) is 6.07 Å². The van der Waals surface area contributed by atoms with Gasteiger partial charge in [-0.25, -0.2) is 4.79 Å². The van der Waals surface area contributed by atoms with Crippen molar-refractivity contribution in [3.63, 3.8) is 0 Å². The highest BCUT2D eigenvalue weighted by molar-refractivity contribution is 7.13. The van der Waals surface area contributed by atoms with E-state index in [-0.39, 0.29) is 0 Å². The predicted molar refractivity (Wildman–Crippen MR) is 69.6 cm³/mol. The maximum Gasteiger partial charge on any atom is 0.345 e. The smallest absolute Gasteiger partial charge is 0.345 e. The highest BCUT2D eigenvalue weighted by Crippen LogP contribution is 2.23. The molecule has 0 radical (unpaired) electrons. The van der Waals surface area contributed by atoms with Gasteiger partial charge in [0.2, 0.25) is 0 Å². The summed E-state index contributed by atoms with van der Waals surface area (Å²) in [5.74, 6) is -0.00353. The number of carbonyl (C=O) groups is 1. The van der Waals surface area contributed by atoms with E-state index in [9.17, 15) is 4.79 Å². The van der Waals surface area contributed by atoms with Crippen LogP contribution in [-0.2, 0) is 6.54 Å². The van der Waals surface area contributed by atoms with Gasteiger partial charge in [0.05, 0.1) is 0 Å². The van der Waals surface area contributed by atoms with Gasteiger partial charge in [0, 0.05) is 11.4 Å². The molecule has 17 heavy (non-hydrogen) atoms. The van der Waals surface area contributed by atoms with Crippen LogP contribution in [0.5, 0.6) is 0 Å². The summed E-state index contributed by atoms with van der Waals surface area (Å²) < 4.78 is 0. The maximum absolute atomic E-state index is 10.7. The second-order valence-electron chi connectivity index (χ2n) is 4.71. The van der Waals surface area contributed by atoms with Crippen molar-refractivity contribution < 1.29 is 9.90 Å². The molecule has 3 nitrogen and oxygen atoms in total. The van der Waals surface area contributed by atoms with Gasteiger partial charge in [-0.15, -0.1) is 11.3 Å². The van der Waals surface area contributed by atoms with Crippen LogP contribution < -0.4 is 5.32 Å². The van der Waals surface area contributed by atoms with Crippen LogP contribution in [0.15, 0.2) is 12.1 Å². The Kier molecular flexibility index (Phi) is 4.57. The van der Waals surface area contributed by atoms with E-state index in [0.29, 0.717) is 4.88 Å². The van der Waals surface area contributed by atoms with Crippen molar-refractivity contribution in [1.82, 2.24) is 5.32 Å². The molecule has 0 atom stereocenters. The Labute approximate surface area is 106 Å². The predicted octanol–water partition coefficient (Wildman–Crippen LogP) is 3.12. The molecule has 0 bridgehead atoms. The fraction of sp³-hybridized carbons (Fsp3) is 0.615. The van der Waals surface area contributed by atoms with E-state index in [1.807, 2.05) is 6.07 Å². The largest absolute Gasteiger partial charge is 0.477 e. The molecular formula is C13H19NO2S. The summed E-state index contributed by atoms with van der Waals surface area (Å²) in [7, 11) is 0. The number of carboxylic acids is 1. The lowest BCUT2D eigenvalue weighted by molar-refractivity contribution is 0.0702. The standard InChI is InChI=1S/C13H19NO2S/c15-13(16)12-7-6-11(17-12)9-14-8-10-4-2-1-3-5-10/h6-7,10,14H,1-5,8-9H2,(H,15,16). The van der Waals surface area contributed by atoms with Gasteiger partial charge in [0.25, 0.3) is 0 Å². The van der Waals surface area contributed by atoms with Crippen LogP contribution in [-0.4, -0.2) is 17.6 Å². The molecule has 1 aromatic rings. The molecule has 1 aliphatic carbocycles. The molecule has 1 heterocycles. The van der Waals surface area contributed by atoms with Crippen LogP contribution in [0.1, 0.15) is 46.7 Å². The Morgan fingerprint density at radius 2 is 2.12 bits per heavy atom. The van der Waals surface area contributed by atoms with Gasteiger partial charge < -0.3 is 10.4 Å². The first-order valence-corrected chi connectivity index (χ1v) is 7.10. The second kappa shape index (κ2) is 6.17. The number of rotatable bonds is 5. The van der Waals surface area contributed by atoms with Gasteiger partial charge in [-0.3, -0.25) is 0 Å². The number of carboxylic acid groups (broad SMARTS) is 1. The molecular weight excluding hydrogens is 234 g/mol. The van der Waals surface area contributed by atoms with E-state index < -0.39 is 5.97 Å². The van der Waals surface area contributed by atoms with Crippen LogP contribution in [0, 0.1) is 5.92 Å². The molecule has 0 saturated heterocycles. The molecule has 1 saturated carbocycles. The van der Waals surface area contributed by atoms with E-state index in [0.717, 1.165) is 23.9 Å². The van der Waals surface area contributed by atoms with Crippen molar-refractivity contribution in [2.45, 2.75) is 38.6 Å². The lowest BCUT2D eigenvalue weighted by Crippen LogP contribution is -2.23. The second-order valence-corrected chi connectivity index (χ2v) is 5.87. The highest BCUT2D eigenvalue weighted by atomic mass is 32.1. The molecule has 0 aromatic carbocycles. The first-order chi connectivity index (χ1) is 8.25.